The summed E-state index contributed by atoms with van der Waals surface area (Å²) in [6.07, 6.45) is 2.40. The van der Waals surface area contributed by atoms with Gasteiger partial charge in [-0.3, -0.25) is 4.79 Å². The van der Waals surface area contributed by atoms with E-state index in [0.29, 0.717) is 12.1 Å². The third-order valence-electron chi connectivity index (χ3n) is 3.21. The molecule has 1 amide bonds. The van der Waals surface area contributed by atoms with Gasteiger partial charge in [0.15, 0.2) is 0 Å². The molecule has 0 unspecified atom stereocenters. The van der Waals surface area contributed by atoms with Crippen LogP contribution in [0, 0.1) is 12.7 Å². The van der Waals surface area contributed by atoms with Gasteiger partial charge in [-0.05, 0) is 51.2 Å². The van der Waals surface area contributed by atoms with Crippen LogP contribution in [0.5, 0.6) is 0 Å². The van der Waals surface area contributed by atoms with Crippen LogP contribution in [0.15, 0.2) is 30.5 Å². The number of nitrogens with zero attached hydrogens (tertiary/aromatic N) is 2. The van der Waals surface area contributed by atoms with Crippen molar-refractivity contribution in [3.8, 4) is 5.69 Å². The SMILES string of the molecule is CNCCCNC(=O)c1cnn(-c2ccc(F)cc2)c1C. The van der Waals surface area contributed by atoms with Crippen molar-refractivity contribution in [1.29, 1.82) is 0 Å². The molecule has 112 valence electrons. The lowest BCUT2D eigenvalue weighted by atomic mass is 10.2. The molecule has 1 aromatic heterocycles. The van der Waals surface area contributed by atoms with E-state index in [9.17, 15) is 9.18 Å². The van der Waals surface area contributed by atoms with Crippen molar-refractivity contribution in [3.05, 3.63) is 47.5 Å². The maximum Gasteiger partial charge on any atom is 0.254 e. The quantitative estimate of drug-likeness (QED) is 0.796. The van der Waals surface area contributed by atoms with Gasteiger partial charge in [0.05, 0.1) is 23.1 Å². The van der Waals surface area contributed by atoms with Gasteiger partial charge in [-0.15, -0.1) is 0 Å². The van der Waals surface area contributed by atoms with Gasteiger partial charge in [-0.25, -0.2) is 9.07 Å². The fourth-order valence-electron chi connectivity index (χ4n) is 2.04. The zero-order valence-corrected chi connectivity index (χ0v) is 12.2. The molecular weight excluding hydrogens is 271 g/mol. The number of benzene rings is 1. The minimum absolute atomic E-state index is 0.142. The van der Waals surface area contributed by atoms with Crippen LogP contribution in [-0.4, -0.2) is 35.8 Å². The fraction of sp³-hybridized carbons (Fsp3) is 0.333. The second kappa shape index (κ2) is 6.99. The average molecular weight is 290 g/mol. The van der Waals surface area contributed by atoms with Crippen molar-refractivity contribution in [1.82, 2.24) is 20.4 Å². The summed E-state index contributed by atoms with van der Waals surface area (Å²) in [6, 6.07) is 6.00. The Morgan fingerprint density at radius 1 is 1.29 bits per heavy atom. The number of hydrogen-bond donors (Lipinski definition) is 2. The van der Waals surface area contributed by atoms with E-state index >= 15 is 0 Å². The smallest absolute Gasteiger partial charge is 0.254 e. The van der Waals surface area contributed by atoms with Crippen LogP contribution in [0.25, 0.3) is 5.69 Å². The average Bonchev–Trinajstić information content (AvgIpc) is 2.86. The number of amides is 1. The summed E-state index contributed by atoms with van der Waals surface area (Å²) >= 11 is 0. The maximum absolute atomic E-state index is 12.9. The van der Waals surface area contributed by atoms with E-state index in [1.165, 1.54) is 18.3 Å². The summed E-state index contributed by atoms with van der Waals surface area (Å²) in [5.74, 6) is -0.442. The lowest BCUT2D eigenvalue weighted by Crippen LogP contribution is -2.26. The van der Waals surface area contributed by atoms with Crippen molar-refractivity contribution >= 4 is 5.91 Å². The molecule has 6 heteroatoms. The molecule has 2 aromatic rings. The van der Waals surface area contributed by atoms with E-state index in [2.05, 4.69) is 15.7 Å². The van der Waals surface area contributed by atoms with Crippen LogP contribution in [-0.2, 0) is 0 Å². The van der Waals surface area contributed by atoms with Crippen molar-refractivity contribution < 1.29 is 9.18 Å². The molecule has 0 radical (unpaired) electrons. The van der Waals surface area contributed by atoms with Gasteiger partial charge >= 0.3 is 0 Å². The van der Waals surface area contributed by atoms with Gasteiger partial charge in [0, 0.05) is 6.54 Å². The first-order valence-electron chi connectivity index (χ1n) is 6.87. The van der Waals surface area contributed by atoms with Crippen molar-refractivity contribution in [3.63, 3.8) is 0 Å². The zero-order valence-electron chi connectivity index (χ0n) is 12.2. The summed E-state index contributed by atoms with van der Waals surface area (Å²) < 4.78 is 14.6. The molecular formula is C15H19FN4O. The molecule has 2 rings (SSSR count). The Bertz CT molecular complexity index is 607. The number of nitrogens with one attached hydrogen (secondary N) is 2. The lowest BCUT2D eigenvalue weighted by Gasteiger charge is -2.06. The predicted octanol–water partition coefficient (Wildman–Crippen LogP) is 1.66. The molecule has 1 heterocycles. The minimum atomic E-state index is -0.300. The molecule has 2 N–H and O–H groups in total. The molecule has 0 aliphatic heterocycles. The van der Waals surface area contributed by atoms with Gasteiger partial charge in [0.2, 0.25) is 0 Å². The van der Waals surface area contributed by atoms with E-state index in [-0.39, 0.29) is 11.7 Å². The summed E-state index contributed by atoms with van der Waals surface area (Å²) in [6.45, 7) is 3.29. The molecule has 0 saturated carbocycles. The second-order valence-corrected chi connectivity index (χ2v) is 4.74. The van der Waals surface area contributed by atoms with E-state index in [1.54, 1.807) is 16.8 Å². The van der Waals surface area contributed by atoms with E-state index in [0.717, 1.165) is 24.3 Å². The third-order valence-corrected chi connectivity index (χ3v) is 3.21. The Kier molecular flexibility index (Phi) is 5.05. The highest BCUT2D eigenvalue weighted by Gasteiger charge is 2.14. The molecule has 0 fully saturated rings. The third kappa shape index (κ3) is 3.66. The number of halogens is 1. The van der Waals surface area contributed by atoms with Gasteiger partial charge in [-0.2, -0.15) is 5.10 Å². The number of aromatic nitrogens is 2. The molecule has 0 aliphatic carbocycles. The highest BCUT2D eigenvalue weighted by molar-refractivity contribution is 5.95. The Labute approximate surface area is 123 Å². The predicted molar refractivity (Wildman–Crippen MR) is 79.1 cm³/mol. The first-order valence-corrected chi connectivity index (χ1v) is 6.87. The summed E-state index contributed by atoms with van der Waals surface area (Å²) in [5, 5.41) is 10.1. The molecule has 1 aromatic carbocycles. The highest BCUT2D eigenvalue weighted by atomic mass is 19.1. The number of carbonyl (C=O) groups is 1. The van der Waals surface area contributed by atoms with E-state index < -0.39 is 0 Å². The number of hydrogen-bond acceptors (Lipinski definition) is 3. The first kappa shape index (κ1) is 15.2. The van der Waals surface area contributed by atoms with Crippen LogP contribution in [0.1, 0.15) is 22.5 Å². The van der Waals surface area contributed by atoms with E-state index in [1.807, 2.05) is 14.0 Å². The molecule has 21 heavy (non-hydrogen) atoms. The second-order valence-electron chi connectivity index (χ2n) is 4.74. The van der Waals surface area contributed by atoms with E-state index in [4.69, 9.17) is 0 Å². The molecule has 0 atom stereocenters. The van der Waals surface area contributed by atoms with Crippen LogP contribution in [0.4, 0.5) is 4.39 Å². The van der Waals surface area contributed by atoms with Gasteiger partial charge in [0.1, 0.15) is 5.82 Å². The van der Waals surface area contributed by atoms with Crippen molar-refractivity contribution in [2.45, 2.75) is 13.3 Å². The maximum atomic E-state index is 12.9. The monoisotopic (exact) mass is 290 g/mol. The van der Waals surface area contributed by atoms with Gasteiger partial charge in [-0.1, -0.05) is 0 Å². The summed E-state index contributed by atoms with van der Waals surface area (Å²) in [7, 11) is 1.87. The van der Waals surface area contributed by atoms with Gasteiger partial charge < -0.3 is 10.6 Å². The Morgan fingerprint density at radius 3 is 2.67 bits per heavy atom. The fourth-order valence-corrected chi connectivity index (χ4v) is 2.04. The normalized spacial score (nSPS) is 10.6. The Hall–Kier alpha value is -2.21. The molecule has 0 aliphatic rings. The topological polar surface area (TPSA) is 58.9 Å². The van der Waals surface area contributed by atoms with Crippen molar-refractivity contribution in [2.75, 3.05) is 20.1 Å². The van der Waals surface area contributed by atoms with Crippen molar-refractivity contribution in [2.24, 2.45) is 0 Å². The minimum Gasteiger partial charge on any atom is -0.352 e. The zero-order chi connectivity index (χ0) is 15.2. The Balaban J connectivity index is 2.09. The Morgan fingerprint density at radius 2 is 2.00 bits per heavy atom. The first-order chi connectivity index (χ1) is 10.1. The lowest BCUT2D eigenvalue weighted by molar-refractivity contribution is 0.0952. The summed E-state index contributed by atoms with van der Waals surface area (Å²) in [5.41, 5.74) is 1.99. The number of carbonyl (C=O) groups excluding carboxylic acids is 1. The largest absolute Gasteiger partial charge is 0.352 e. The van der Waals surface area contributed by atoms with Crippen LogP contribution in [0.2, 0.25) is 0 Å². The summed E-state index contributed by atoms with van der Waals surface area (Å²) in [4.78, 5) is 12.1. The van der Waals surface area contributed by atoms with Crippen LogP contribution < -0.4 is 10.6 Å². The molecule has 0 saturated heterocycles. The molecule has 5 nitrogen and oxygen atoms in total. The molecule has 0 spiro atoms. The molecule has 0 bridgehead atoms. The standard InChI is InChI=1S/C15H19FN4O/c1-11-14(15(21)18-9-3-8-17-2)10-19-20(11)13-6-4-12(16)5-7-13/h4-7,10,17H,3,8-9H2,1-2H3,(H,18,21). The van der Waals surface area contributed by atoms with Crippen LogP contribution in [0.3, 0.4) is 0 Å². The number of rotatable bonds is 6. The van der Waals surface area contributed by atoms with Crippen LogP contribution >= 0.6 is 0 Å². The highest BCUT2D eigenvalue weighted by Crippen LogP contribution is 2.14. The van der Waals surface area contributed by atoms with Gasteiger partial charge in [0.25, 0.3) is 5.91 Å².